The summed E-state index contributed by atoms with van der Waals surface area (Å²) in [5, 5.41) is 0. The van der Waals surface area contributed by atoms with Gasteiger partial charge in [0.25, 0.3) is 0 Å². The molecule has 2 aromatic carbocycles. The minimum Gasteiger partial charge on any atom is -0.492 e. The van der Waals surface area contributed by atoms with E-state index in [1.54, 1.807) is 42.3 Å². The van der Waals surface area contributed by atoms with Crippen LogP contribution < -0.4 is 4.74 Å². The Kier molecular flexibility index (Phi) is 12.2. The zero-order valence-corrected chi connectivity index (χ0v) is 24.7. The van der Waals surface area contributed by atoms with Crippen molar-refractivity contribution in [3.63, 3.8) is 0 Å². The lowest BCUT2D eigenvalue weighted by Gasteiger charge is -2.22. The Morgan fingerprint density at radius 2 is 1.52 bits per heavy atom. The van der Waals surface area contributed by atoms with Gasteiger partial charge in [0.2, 0.25) is 10.0 Å². The van der Waals surface area contributed by atoms with Gasteiger partial charge in [-0.2, -0.15) is 4.31 Å². The van der Waals surface area contributed by atoms with Gasteiger partial charge in [0.05, 0.1) is 19.7 Å². The Bertz CT molecular complexity index is 1240. The largest absolute Gasteiger partial charge is 0.492 e. The zero-order valence-electron chi connectivity index (χ0n) is 23.9. The maximum absolute atomic E-state index is 13.7. The Morgan fingerprint density at radius 3 is 2.12 bits per heavy atom. The molecule has 3 rings (SSSR count). The van der Waals surface area contributed by atoms with Crippen molar-refractivity contribution in [1.29, 1.82) is 0 Å². The van der Waals surface area contributed by atoms with Crippen molar-refractivity contribution in [3.8, 4) is 5.75 Å². The second-order valence-electron chi connectivity index (χ2n) is 10.8. The minimum atomic E-state index is -3.79. The number of rotatable bonds is 15. The first-order valence-electron chi connectivity index (χ1n) is 13.9. The molecule has 0 unspecified atom stereocenters. The molecule has 1 fully saturated rings. The van der Waals surface area contributed by atoms with Crippen LogP contribution in [0.5, 0.6) is 5.75 Å². The number of halogens is 1. The number of Topliss-reactive ketones (excluding diaryl/α,β-unsaturated/α-hetero) is 2. The zero-order chi connectivity index (χ0) is 29.1. The van der Waals surface area contributed by atoms with E-state index in [-0.39, 0.29) is 42.4 Å². The third kappa shape index (κ3) is 10.1. The Balaban J connectivity index is 1.68. The Labute approximate surface area is 238 Å². The molecule has 220 valence electrons. The molecular formula is C30H42FN3O5S. The molecule has 0 amide bonds. The second kappa shape index (κ2) is 15.4. The molecule has 1 heterocycles. The van der Waals surface area contributed by atoms with E-state index in [0.717, 1.165) is 38.6 Å². The molecule has 0 aliphatic carbocycles. The molecule has 10 heteroatoms. The lowest BCUT2D eigenvalue weighted by Crippen LogP contribution is -2.33. The SMILES string of the molecule is CN(C)CCCOc1ccc(CC(=O)CN(C)CC(=O)Cc2cccc(F)c2)cc1S(=O)(=O)N1CCCCCC1. The average Bonchev–Trinajstić information content (AvgIpc) is 3.17. The summed E-state index contributed by atoms with van der Waals surface area (Å²) in [7, 11) is 1.83. The molecule has 0 N–H and O–H groups in total. The van der Waals surface area contributed by atoms with Crippen LogP contribution in [0.25, 0.3) is 0 Å². The molecule has 0 radical (unpaired) electrons. The normalized spacial score (nSPS) is 14.8. The number of nitrogens with zero attached hydrogens (tertiary/aromatic N) is 3. The molecule has 2 aromatic rings. The summed E-state index contributed by atoms with van der Waals surface area (Å²) in [4.78, 5) is 29.1. The molecule has 0 spiro atoms. The van der Waals surface area contributed by atoms with Gasteiger partial charge < -0.3 is 9.64 Å². The highest BCUT2D eigenvalue weighted by atomic mass is 32.2. The third-order valence-electron chi connectivity index (χ3n) is 6.78. The quantitative estimate of drug-likeness (QED) is 0.300. The van der Waals surface area contributed by atoms with Crippen LogP contribution in [0.4, 0.5) is 4.39 Å². The number of benzene rings is 2. The number of ketones is 2. The maximum atomic E-state index is 13.7. The van der Waals surface area contributed by atoms with Gasteiger partial charge in [-0.25, -0.2) is 12.8 Å². The number of hydrogen-bond donors (Lipinski definition) is 0. The number of carbonyl (C=O) groups excluding carboxylic acids is 2. The van der Waals surface area contributed by atoms with E-state index in [1.165, 1.54) is 16.4 Å². The fraction of sp³-hybridized carbons (Fsp3) is 0.533. The van der Waals surface area contributed by atoms with Gasteiger partial charge in [0.1, 0.15) is 16.5 Å². The average molecular weight is 576 g/mol. The standard InChI is InChI=1S/C30H42FN3O5S/c1-32(2)14-9-17-39-29-13-12-25(21-30(29)40(37,38)34-15-6-4-5-7-16-34)20-28(36)23-33(3)22-27(35)19-24-10-8-11-26(31)18-24/h8,10-13,18,21H,4-7,9,14-17,19-20,22-23H2,1-3H3. The second-order valence-corrected chi connectivity index (χ2v) is 12.7. The first-order chi connectivity index (χ1) is 19.0. The van der Waals surface area contributed by atoms with Crippen LogP contribution >= 0.6 is 0 Å². The molecular weight excluding hydrogens is 533 g/mol. The van der Waals surface area contributed by atoms with Crippen LogP contribution in [0.1, 0.15) is 43.2 Å². The van der Waals surface area contributed by atoms with Crippen molar-refractivity contribution in [1.82, 2.24) is 14.1 Å². The summed E-state index contributed by atoms with van der Waals surface area (Å²) in [6.07, 6.45) is 4.53. The highest BCUT2D eigenvalue weighted by molar-refractivity contribution is 7.89. The topological polar surface area (TPSA) is 87.2 Å². The molecule has 8 nitrogen and oxygen atoms in total. The van der Waals surface area contributed by atoms with Gasteiger partial charge in [-0.15, -0.1) is 0 Å². The fourth-order valence-electron chi connectivity index (χ4n) is 4.84. The fourth-order valence-corrected chi connectivity index (χ4v) is 6.54. The van der Waals surface area contributed by atoms with E-state index in [1.807, 2.05) is 19.0 Å². The van der Waals surface area contributed by atoms with Gasteiger partial charge >= 0.3 is 0 Å². The molecule has 0 bridgehead atoms. The van der Waals surface area contributed by atoms with Crippen molar-refractivity contribution < 1.29 is 27.1 Å². The minimum absolute atomic E-state index is 0.0336. The molecule has 1 aliphatic heterocycles. The predicted molar refractivity (Wildman–Crippen MR) is 154 cm³/mol. The van der Waals surface area contributed by atoms with Crippen molar-refractivity contribution in [2.45, 2.75) is 49.8 Å². The highest BCUT2D eigenvalue weighted by Gasteiger charge is 2.29. The molecule has 0 saturated carbocycles. The lowest BCUT2D eigenvalue weighted by molar-refractivity contribution is -0.121. The summed E-state index contributed by atoms with van der Waals surface area (Å²) in [5.74, 6) is -0.350. The van der Waals surface area contributed by atoms with Crippen LogP contribution in [0.2, 0.25) is 0 Å². The number of ether oxygens (including phenoxy) is 1. The Hall–Kier alpha value is -2.66. The van der Waals surface area contributed by atoms with Crippen LogP contribution in [0, 0.1) is 5.82 Å². The molecule has 40 heavy (non-hydrogen) atoms. The lowest BCUT2D eigenvalue weighted by atomic mass is 10.1. The van der Waals surface area contributed by atoms with Crippen molar-refractivity contribution in [2.75, 3.05) is 60.5 Å². The summed E-state index contributed by atoms with van der Waals surface area (Å²) >= 11 is 0. The number of hydrogen-bond acceptors (Lipinski definition) is 7. The van der Waals surface area contributed by atoms with Crippen molar-refractivity contribution in [3.05, 3.63) is 59.4 Å². The maximum Gasteiger partial charge on any atom is 0.246 e. The van der Waals surface area contributed by atoms with Crippen LogP contribution in [-0.2, 0) is 32.5 Å². The van der Waals surface area contributed by atoms with Crippen molar-refractivity contribution >= 4 is 21.6 Å². The van der Waals surface area contributed by atoms with Crippen LogP contribution in [0.15, 0.2) is 47.4 Å². The van der Waals surface area contributed by atoms with Crippen molar-refractivity contribution in [2.24, 2.45) is 0 Å². The number of likely N-dealkylation sites (N-methyl/N-ethyl adjacent to an activating group) is 1. The number of carbonyl (C=O) groups is 2. The van der Waals surface area contributed by atoms with E-state index >= 15 is 0 Å². The third-order valence-corrected chi connectivity index (χ3v) is 8.70. The summed E-state index contributed by atoms with van der Waals surface area (Å²) in [5.41, 5.74) is 1.17. The highest BCUT2D eigenvalue weighted by Crippen LogP contribution is 2.30. The van der Waals surface area contributed by atoms with Gasteiger partial charge in [-0.1, -0.05) is 31.0 Å². The molecule has 1 aliphatic rings. The smallest absolute Gasteiger partial charge is 0.246 e. The van der Waals surface area contributed by atoms with Crippen LogP contribution in [0.3, 0.4) is 0 Å². The summed E-state index contributed by atoms with van der Waals surface area (Å²) < 4.78 is 48.3. The monoisotopic (exact) mass is 575 g/mol. The van der Waals surface area contributed by atoms with Gasteiger partial charge in [-0.3, -0.25) is 14.5 Å². The molecule has 0 aromatic heterocycles. The molecule has 0 atom stereocenters. The summed E-state index contributed by atoms with van der Waals surface area (Å²) in [6, 6.07) is 10.9. The van der Waals surface area contributed by atoms with Gasteiger partial charge in [-0.05, 0) is 75.8 Å². The molecule has 1 saturated heterocycles. The van der Waals surface area contributed by atoms with Crippen LogP contribution in [-0.4, -0.2) is 94.6 Å². The van der Waals surface area contributed by atoms with E-state index in [2.05, 4.69) is 0 Å². The predicted octanol–water partition coefficient (Wildman–Crippen LogP) is 3.58. The van der Waals surface area contributed by atoms with E-state index in [0.29, 0.717) is 36.6 Å². The summed E-state index contributed by atoms with van der Waals surface area (Å²) in [6.45, 7) is 2.23. The first kappa shape index (κ1) is 31.9. The Morgan fingerprint density at radius 1 is 0.900 bits per heavy atom. The van der Waals surface area contributed by atoms with E-state index < -0.39 is 15.8 Å². The van der Waals surface area contributed by atoms with E-state index in [4.69, 9.17) is 4.74 Å². The first-order valence-corrected chi connectivity index (χ1v) is 15.4. The van der Waals surface area contributed by atoms with Gasteiger partial charge in [0, 0.05) is 32.5 Å². The van der Waals surface area contributed by atoms with E-state index in [9.17, 15) is 22.4 Å². The number of sulfonamides is 1. The van der Waals surface area contributed by atoms with Gasteiger partial charge in [0.15, 0.2) is 11.6 Å².